The van der Waals surface area contributed by atoms with Crippen LogP contribution >= 0.6 is 0 Å². The zero-order valence-corrected chi connectivity index (χ0v) is 48.1. The molecule has 12 rings (SSSR count). The summed E-state index contributed by atoms with van der Waals surface area (Å²) in [5.41, 5.74) is 4.79. The van der Waals surface area contributed by atoms with Crippen molar-refractivity contribution in [3.8, 4) is 0 Å². The van der Waals surface area contributed by atoms with Gasteiger partial charge in [-0.15, -0.1) is 0 Å². The molecule has 1 unspecified atom stereocenters. The average molecular weight is 1110 g/mol. The lowest BCUT2D eigenvalue weighted by atomic mass is 9.75. The number of hydrogen-bond acceptors (Lipinski definition) is 12. The van der Waals surface area contributed by atoms with E-state index >= 15 is 0 Å². The Balaban J connectivity index is 0.804. The molecule has 0 bridgehead atoms. The van der Waals surface area contributed by atoms with E-state index in [9.17, 15) is 0 Å². The predicted octanol–water partition coefficient (Wildman–Crippen LogP) is 12.2. The lowest BCUT2D eigenvalue weighted by molar-refractivity contribution is -0.342. The van der Waals surface area contributed by atoms with Gasteiger partial charge in [-0.3, -0.25) is 0 Å². The zero-order chi connectivity index (χ0) is 55.3. The first-order chi connectivity index (χ1) is 39.6. The summed E-state index contributed by atoms with van der Waals surface area (Å²) in [6, 6.07) is 51.9. The van der Waals surface area contributed by atoms with E-state index in [0.29, 0.717) is 78.4 Å². The first kappa shape index (κ1) is 57.1. The smallest absolute Gasteiger partial charge is 0.174 e. The van der Waals surface area contributed by atoms with Gasteiger partial charge in [0.1, 0.15) is 11.7 Å². The predicted molar refractivity (Wildman–Crippen MR) is 307 cm³/mol. The number of benzene rings is 5. The van der Waals surface area contributed by atoms with Gasteiger partial charge in [-0.05, 0) is 65.8 Å². The molecule has 7 aliphatic heterocycles. The maximum atomic E-state index is 7.61. The topological polar surface area (TPSA) is 111 Å². The highest BCUT2D eigenvalue weighted by Crippen LogP contribution is 2.52. The number of hydrogen-bond donors (Lipinski definition) is 0. The van der Waals surface area contributed by atoms with Crippen molar-refractivity contribution in [2.24, 2.45) is 23.7 Å². The second kappa shape index (κ2) is 25.9. The second-order valence-corrected chi connectivity index (χ2v) is 24.8. The van der Waals surface area contributed by atoms with Gasteiger partial charge in [0.2, 0.25) is 0 Å². The molecule has 7 aliphatic rings. The Labute approximate surface area is 480 Å². The fraction of sp³-hybridized carbons (Fsp3) is 0.565. The molecule has 12 nitrogen and oxygen atoms in total. The molecule has 12 heteroatoms. The van der Waals surface area contributed by atoms with Gasteiger partial charge in [-0.1, -0.05) is 179 Å². The fourth-order valence-corrected chi connectivity index (χ4v) is 14.4. The number of rotatable bonds is 17. The van der Waals surface area contributed by atoms with Crippen LogP contribution in [0.1, 0.15) is 107 Å². The molecule has 0 N–H and O–H groups in total. The van der Waals surface area contributed by atoms with E-state index in [4.69, 9.17) is 56.8 Å². The van der Waals surface area contributed by atoms with E-state index in [-0.39, 0.29) is 103 Å². The van der Waals surface area contributed by atoms with Crippen LogP contribution in [0.4, 0.5) is 0 Å². The molecule has 434 valence electrons. The summed E-state index contributed by atoms with van der Waals surface area (Å²) in [7, 11) is 0. The molecule has 0 amide bonds. The standard InChI is InChI=1S/C69H86O12/c1-45-33-57-58(35-61-64(78-57)47(3)65(74-43-53-29-19-10-20-30-53)67-66(79-61)46(2)48(4)69(81-67)38-54(44-75-69)71-40-50-23-13-7-14-24-50)76-59-37-63-68(5,80-60(59)34-45)62(73-42-52-27-17-9-18-28-52)36-56(72-41-51-25-15-8-16-26-51)55(77-63)31-32-70-39-49-21-11-6-12-22-49/h6-30,45-48,54-67H,31-44H2,1-5H3/t45-,46+,47-,48+,54?,55+,56-,57+,58-,59+,60-,61+,62-,63-,64-,65+,66-,67+,68+,69-/m1/s1. The summed E-state index contributed by atoms with van der Waals surface area (Å²) in [5.74, 6) is -0.580. The summed E-state index contributed by atoms with van der Waals surface area (Å²) < 4.78 is 86.0. The molecule has 0 aliphatic carbocycles. The maximum absolute atomic E-state index is 7.61. The molecule has 0 saturated carbocycles. The van der Waals surface area contributed by atoms with E-state index in [0.717, 1.165) is 40.7 Å². The van der Waals surface area contributed by atoms with Crippen LogP contribution < -0.4 is 0 Å². The monoisotopic (exact) mass is 1110 g/mol. The summed E-state index contributed by atoms with van der Waals surface area (Å²) in [6.45, 7) is 14.7. The van der Waals surface area contributed by atoms with Crippen LogP contribution in [0.15, 0.2) is 152 Å². The number of ether oxygens (including phenoxy) is 12. The molecule has 0 radical (unpaired) electrons. The van der Waals surface area contributed by atoms with Crippen LogP contribution in [0.3, 0.4) is 0 Å². The van der Waals surface area contributed by atoms with Crippen LogP contribution in [-0.4, -0.2) is 110 Å². The second-order valence-electron chi connectivity index (χ2n) is 24.8. The summed E-state index contributed by atoms with van der Waals surface area (Å²) in [5, 5.41) is 0. The third-order valence-electron chi connectivity index (χ3n) is 19.2. The Morgan fingerprint density at radius 2 is 1.00 bits per heavy atom. The Morgan fingerprint density at radius 1 is 0.469 bits per heavy atom. The van der Waals surface area contributed by atoms with Gasteiger partial charge >= 0.3 is 0 Å². The van der Waals surface area contributed by atoms with Crippen LogP contribution in [0.25, 0.3) is 0 Å². The van der Waals surface area contributed by atoms with Crippen molar-refractivity contribution in [1.29, 1.82) is 0 Å². The molecule has 20 atom stereocenters. The van der Waals surface area contributed by atoms with Crippen molar-refractivity contribution in [1.82, 2.24) is 0 Å². The van der Waals surface area contributed by atoms with Crippen molar-refractivity contribution in [2.45, 2.75) is 209 Å². The third-order valence-corrected chi connectivity index (χ3v) is 19.2. The molecule has 0 aromatic heterocycles. The van der Waals surface area contributed by atoms with Crippen molar-refractivity contribution in [3.05, 3.63) is 179 Å². The molecular formula is C69H86O12. The summed E-state index contributed by atoms with van der Waals surface area (Å²) in [6.07, 6.45) is 0.929. The highest BCUT2D eigenvalue weighted by Gasteiger charge is 2.63. The highest BCUT2D eigenvalue weighted by molar-refractivity contribution is 5.18. The van der Waals surface area contributed by atoms with Crippen LogP contribution in [0.2, 0.25) is 0 Å². The normalized spacial score (nSPS) is 38.4. The maximum Gasteiger partial charge on any atom is 0.174 e. The minimum absolute atomic E-state index is 0.0126. The van der Waals surface area contributed by atoms with E-state index in [1.165, 1.54) is 0 Å². The average Bonchev–Trinajstić information content (AvgIpc) is 3.77. The van der Waals surface area contributed by atoms with Gasteiger partial charge in [0, 0.05) is 44.1 Å². The quantitative estimate of drug-likeness (QED) is 0.0827. The highest BCUT2D eigenvalue weighted by atomic mass is 16.7. The summed E-state index contributed by atoms with van der Waals surface area (Å²) >= 11 is 0. The van der Waals surface area contributed by atoms with Crippen LogP contribution in [0, 0.1) is 23.7 Å². The SMILES string of the molecule is C[C@@H]1C[C@@H]2O[C@@H]3[C@@H](C)[C@H](OCc4ccccc4)[C@@H]4O[C@]5(CC(OCc6ccccc6)CO5)[C@@H](C)[C@H](C)[C@H]4O[C@H]3C[C@H]2O[C@H]2C[C@H]3O[C@@H](CCOCc4ccccc4)[C@H](OCc4ccccc4)C[C@@H](OCc4ccccc4)[C@]3(C)O[C@@H]2C1. The molecule has 1 spiro atoms. The van der Waals surface area contributed by atoms with Crippen molar-refractivity contribution < 1.29 is 56.8 Å². The van der Waals surface area contributed by atoms with Gasteiger partial charge in [-0.2, -0.15) is 0 Å². The minimum atomic E-state index is -0.851. The van der Waals surface area contributed by atoms with Crippen LogP contribution in [-0.2, 0) is 89.9 Å². The van der Waals surface area contributed by atoms with Gasteiger partial charge < -0.3 is 56.8 Å². The van der Waals surface area contributed by atoms with E-state index in [2.05, 4.69) is 156 Å². The largest absolute Gasteiger partial charge is 0.377 e. The summed E-state index contributed by atoms with van der Waals surface area (Å²) in [4.78, 5) is 0. The fourth-order valence-electron chi connectivity index (χ4n) is 14.4. The Bertz CT molecular complexity index is 2710. The van der Waals surface area contributed by atoms with E-state index < -0.39 is 17.5 Å². The molecule has 5 aromatic rings. The molecule has 81 heavy (non-hydrogen) atoms. The zero-order valence-electron chi connectivity index (χ0n) is 48.1. The van der Waals surface area contributed by atoms with Crippen LogP contribution in [0.5, 0.6) is 0 Å². The van der Waals surface area contributed by atoms with Crippen molar-refractivity contribution >= 4 is 0 Å². The van der Waals surface area contributed by atoms with Gasteiger partial charge in [0.15, 0.2) is 5.79 Å². The van der Waals surface area contributed by atoms with Gasteiger partial charge in [0.25, 0.3) is 0 Å². The van der Waals surface area contributed by atoms with E-state index in [1.807, 2.05) is 30.3 Å². The van der Waals surface area contributed by atoms with E-state index in [1.54, 1.807) is 0 Å². The Hall–Kier alpha value is -4.38. The molecule has 7 saturated heterocycles. The van der Waals surface area contributed by atoms with Gasteiger partial charge in [-0.25, -0.2) is 0 Å². The first-order valence-electron chi connectivity index (χ1n) is 30.4. The lowest BCUT2D eigenvalue weighted by Gasteiger charge is -2.53. The molecule has 7 heterocycles. The minimum Gasteiger partial charge on any atom is -0.377 e. The van der Waals surface area contributed by atoms with Gasteiger partial charge in [0.05, 0.1) is 119 Å². The first-order valence-corrected chi connectivity index (χ1v) is 30.4. The molecular weight excluding hydrogens is 1020 g/mol. The Morgan fingerprint density at radius 3 is 1.63 bits per heavy atom. The lowest BCUT2D eigenvalue weighted by Crippen LogP contribution is -2.64. The third kappa shape index (κ3) is 13.0. The Kier molecular flexibility index (Phi) is 18.2. The number of fused-ring (bicyclic) bond motifs is 5. The molecule has 7 fully saturated rings. The van der Waals surface area contributed by atoms with Crippen molar-refractivity contribution in [3.63, 3.8) is 0 Å². The van der Waals surface area contributed by atoms with Crippen molar-refractivity contribution in [2.75, 3.05) is 13.2 Å². The molecule has 5 aromatic carbocycles.